The summed E-state index contributed by atoms with van der Waals surface area (Å²) in [6.45, 7) is 6.59. The van der Waals surface area contributed by atoms with Gasteiger partial charge in [0.05, 0.1) is 5.75 Å². The maximum absolute atomic E-state index is 13.4. The molecule has 0 radical (unpaired) electrons. The second kappa shape index (κ2) is 12.2. The van der Waals surface area contributed by atoms with E-state index in [0.29, 0.717) is 17.1 Å². The van der Waals surface area contributed by atoms with Gasteiger partial charge in [0.2, 0.25) is 10.0 Å². The SMILES string of the molecule is CC=Nc1[nH]ccc1/C(=C\CC)C1CCCC2(CC2)CC(C)(CCS(=O)(=O)N(C)C2CCCCC2)CC1. The number of H-pyrrole nitrogens is 1. The number of nitrogens with one attached hydrogen (secondary N) is 1. The standard InChI is InChI=1S/C31H51N3O2S/c1-5-11-27(28-16-22-33-29(28)32-6-2)25-12-10-17-31(19-20-31)24-30(3,18-15-25)21-23-37(35,36)34(4)26-13-8-7-9-14-26/h6,11,16,22,25-26,33H,5,7-10,12-15,17-21,23-24H2,1-4H3/b27-11-,32-6?. The Hall–Kier alpha value is -1.40. The predicted octanol–water partition coefficient (Wildman–Crippen LogP) is 8.27. The van der Waals surface area contributed by atoms with Gasteiger partial charge in [0.15, 0.2) is 0 Å². The van der Waals surface area contributed by atoms with E-state index in [1.165, 1.54) is 56.1 Å². The van der Waals surface area contributed by atoms with Gasteiger partial charge in [-0.3, -0.25) is 0 Å². The van der Waals surface area contributed by atoms with E-state index in [4.69, 9.17) is 0 Å². The zero-order valence-electron chi connectivity index (χ0n) is 23.9. The predicted molar refractivity (Wildman–Crippen MR) is 157 cm³/mol. The van der Waals surface area contributed by atoms with Crippen LogP contribution in [0.15, 0.2) is 23.3 Å². The molecule has 2 unspecified atom stereocenters. The van der Waals surface area contributed by atoms with Gasteiger partial charge in [-0.1, -0.05) is 45.6 Å². The Morgan fingerprint density at radius 3 is 2.54 bits per heavy atom. The topological polar surface area (TPSA) is 65.5 Å². The number of allylic oxidation sites excluding steroid dienone is 2. The lowest BCUT2D eigenvalue weighted by molar-refractivity contribution is 0.191. The average Bonchev–Trinajstić information content (AvgIpc) is 3.46. The van der Waals surface area contributed by atoms with E-state index < -0.39 is 10.0 Å². The minimum absolute atomic E-state index is 0.0689. The number of hydrogen-bond acceptors (Lipinski definition) is 3. The van der Waals surface area contributed by atoms with Gasteiger partial charge >= 0.3 is 0 Å². The first-order chi connectivity index (χ1) is 17.7. The fourth-order valence-electron chi connectivity index (χ4n) is 7.34. The van der Waals surface area contributed by atoms with E-state index in [1.54, 1.807) is 4.31 Å². The van der Waals surface area contributed by atoms with Crippen LogP contribution in [0, 0.1) is 16.7 Å². The highest BCUT2D eigenvalue weighted by atomic mass is 32.2. The summed E-state index contributed by atoms with van der Waals surface area (Å²) < 4.78 is 28.6. The average molecular weight is 530 g/mol. The minimum Gasteiger partial charge on any atom is -0.346 e. The van der Waals surface area contributed by atoms with E-state index in [9.17, 15) is 8.42 Å². The number of rotatable bonds is 9. The molecule has 3 aliphatic rings. The van der Waals surface area contributed by atoms with Crippen LogP contribution in [0.1, 0.15) is 123 Å². The van der Waals surface area contributed by atoms with Gasteiger partial charge in [-0.05, 0) is 106 Å². The van der Waals surface area contributed by atoms with Crippen LogP contribution in [-0.4, -0.2) is 42.8 Å². The molecule has 1 aromatic heterocycles. The Morgan fingerprint density at radius 2 is 1.86 bits per heavy atom. The summed E-state index contributed by atoms with van der Waals surface area (Å²) in [6.07, 6.45) is 23.5. The van der Waals surface area contributed by atoms with E-state index in [1.807, 2.05) is 26.4 Å². The summed E-state index contributed by atoms with van der Waals surface area (Å²) in [5.74, 6) is 1.75. The van der Waals surface area contributed by atoms with Gasteiger partial charge < -0.3 is 4.98 Å². The fourth-order valence-corrected chi connectivity index (χ4v) is 9.04. The van der Waals surface area contributed by atoms with Gasteiger partial charge in [-0.15, -0.1) is 0 Å². The number of hydrogen-bond donors (Lipinski definition) is 1. The quantitative estimate of drug-likeness (QED) is 0.327. The highest BCUT2D eigenvalue weighted by Crippen LogP contribution is 2.60. The molecule has 5 nitrogen and oxygen atoms in total. The molecule has 2 atom stereocenters. The molecule has 1 heterocycles. The van der Waals surface area contributed by atoms with Crippen molar-refractivity contribution in [1.82, 2.24) is 9.29 Å². The zero-order chi connectivity index (χ0) is 26.5. The molecule has 0 bridgehead atoms. The minimum atomic E-state index is -3.23. The third kappa shape index (κ3) is 7.17. The second-order valence-electron chi connectivity index (χ2n) is 12.7. The van der Waals surface area contributed by atoms with Crippen molar-refractivity contribution < 1.29 is 8.42 Å². The molecule has 3 fully saturated rings. The van der Waals surface area contributed by atoms with Gasteiger partial charge in [0, 0.05) is 31.1 Å². The molecule has 1 spiro atoms. The Kier molecular flexibility index (Phi) is 9.43. The monoisotopic (exact) mass is 529 g/mol. The maximum Gasteiger partial charge on any atom is 0.214 e. The lowest BCUT2D eigenvalue weighted by Gasteiger charge is -2.36. The van der Waals surface area contributed by atoms with Crippen molar-refractivity contribution in [2.45, 2.75) is 123 Å². The first kappa shape index (κ1) is 28.6. The number of aromatic amines is 1. The Morgan fingerprint density at radius 1 is 1.11 bits per heavy atom. The lowest BCUT2D eigenvalue weighted by Crippen LogP contribution is -2.40. The number of nitrogens with zero attached hydrogens (tertiary/aromatic N) is 2. The van der Waals surface area contributed by atoms with Gasteiger partial charge in [-0.25, -0.2) is 17.7 Å². The van der Waals surface area contributed by atoms with Crippen LogP contribution < -0.4 is 0 Å². The molecule has 3 saturated carbocycles. The normalized spacial score (nSPS) is 27.9. The third-order valence-electron chi connectivity index (χ3n) is 9.76. The summed E-state index contributed by atoms with van der Waals surface area (Å²) in [5, 5.41) is 0. The second-order valence-corrected chi connectivity index (χ2v) is 14.8. The number of aromatic nitrogens is 1. The molecule has 0 saturated heterocycles. The molecule has 6 heteroatoms. The van der Waals surface area contributed by atoms with Crippen molar-refractivity contribution in [1.29, 1.82) is 0 Å². The van der Waals surface area contributed by atoms with Crippen molar-refractivity contribution in [3.8, 4) is 0 Å². The lowest BCUT2D eigenvalue weighted by atomic mass is 9.72. The van der Waals surface area contributed by atoms with Gasteiger partial charge in [-0.2, -0.15) is 0 Å². The molecule has 0 aromatic carbocycles. The first-order valence-electron chi connectivity index (χ1n) is 15.0. The van der Waals surface area contributed by atoms with E-state index >= 15 is 0 Å². The summed E-state index contributed by atoms with van der Waals surface area (Å²) in [4.78, 5) is 7.93. The molecule has 0 amide bonds. The molecule has 0 aliphatic heterocycles. The Bertz CT molecular complexity index is 1050. The highest BCUT2D eigenvalue weighted by Gasteiger charge is 2.48. The highest BCUT2D eigenvalue weighted by molar-refractivity contribution is 7.89. The number of aliphatic imine (C=N–C) groups is 1. The summed E-state index contributed by atoms with van der Waals surface area (Å²) in [5.41, 5.74) is 3.20. The molecular weight excluding hydrogens is 478 g/mol. The van der Waals surface area contributed by atoms with Crippen LogP contribution in [0.3, 0.4) is 0 Å². The van der Waals surface area contributed by atoms with Crippen molar-refractivity contribution in [2.75, 3.05) is 12.8 Å². The summed E-state index contributed by atoms with van der Waals surface area (Å²) in [7, 11) is -1.39. The van der Waals surface area contributed by atoms with Crippen LogP contribution in [0.4, 0.5) is 5.82 Å². The van der Waals surface area contributed by atoms with Crippen LogP contribution in [0.25, 0.3) is 5.57 Å². The molecule has 208 valence electrons. The summed E-state index contributed by atoms with van der Waals surface area (Å²) >= 11 is 0. The first-order valence-corrected chi connectivity index (χ1v) is 16.6. The van der Waals surface area contributed by atoms with Crippen LogP contribution in [0.2, 0.25) is 0 Å². The van der Waals surface area contributed by atoms with Crippen molar-refractivity contribution >= 4 is 27.6 Å². The molecule has 1 N–H and O–H groups in total. The van der Waals surface area contributed by atoms with Crippen molar-refractivity contribution in [3.63, 3.8) is 0 Å². The van der Waals surface area contributed by atoms with Crippen LogP contribution in [-0.2, 0) is 10.0 Å². The molecule has 1 aromatic rings. The van der Waals surface area contributed by atoms with Gasteiger partial charge in [0.25, 0.3) is 0 Å². The molecular formula is C31H51N3O2S. The fraction of sp³-hybridized carbons (Fsp3) is 0.774. The largest absolute Gasteiger partial charge is 0.346 e. The summed E-state index contributed by atoms with van der Waals surface area (Å²) in [6, 6.07) is 2.39. The van der Waals surface area contributed by atoms with Crippen molar-refractivity contribution in [3.05, 3.63) is 23.9 Å². The van der Waals surface area contributed by atoms with Crippen LogP contribution in [0.5, 0.6) is 0 Å². The zero-order valence-corrected chi connectivity index (χ0v) is 24.7. The van der Waals surface area contributed by atoms with Gasteiger partial charge in [0.1, 0.15) is 5.82 Å². The third-order valence-corrected chi connectivity index (χ3v) is 11.7. The maximum atomic E-state index is 13.4. The number of sulfonamides is 1. The Balaban J connectivity index is 1.51. The van der Waals surface area contributed by atoms with Crippen molar-refractivity contribution in [2.24, 2.45) is 21.7 Å². The molecule has 37 heavy (non-hydrogen) atoms. The Labute approximate surface area is 226 Å². The van der Waals surface area contributed by atoms with Crippen LogP contribution >= 0.6 is 0 Å². The van der Waals surface area contributed by atoms with E-state index in [-0.39, 0.29) is 11.5 Å². The molecule has 4 rings (SSSR count). The smallest absolute Gasteiger partial charge is 0.214 e. The molecule has 3 aliphatic carbocycles. The van der Waals surface area contributed by atoms with E-state index in [0.717, 1.165) is 57.2 Å². The van der Waals surface area contributed by atoms with E-state index in [2.05, 4.69) is 36.0 Å².